The molecule has 2 N–H and O–H groups in total. The average Bonchev–Trinajstić information content (AvgIpc) is 2.38. The quantitative estimate of drug-likeness (QED) is 0.428. The van der Waals surface area contributed by atoms with Crippen molar-refractivity contribution in [2.45, 2.75) is 51.6 Å². The van der Waals surface area contributed by atoms with Crippen LogP contribution in [0.1, 0.15) is 45.4 Å². The van der Waals surface area contributed by atoms with Crippen molar-refractivity contribution in [3.63, 3.8) is 0 Å². The summed E-state index contributed by atoms with van der Waals surface area (Å²) in [7, 11) is 3.72. The third kappa shape index (κ3) is 12.3. The number of nitrogens with one attached hydrogen (secondary N) is 1. The Labute approximate surface area is 127 Å². The van der Waals surface area contributed by atoms with E-state index in [4.69, 9.17) is 5.11 Å². The number of aliphatic carboxylic acids is 1. The second kappa shape index (κ2) is 10.5. The van der Waals surface area contributed by atoms with Gasteiger partial charge in [-0.25, -0.2) is 9.18 Å². The minimum absolute atomic E-state index is 0.00885. The summed E-state index contributed by atoms with van der Waals surface area (Å²) in [6.45, 7) is 3.16. The predicted octanol–water partition coefficient (Wildman–Crippen LogP) is 1.96. The summed E-state index contributed by atoms with van der Waals surface area (Å²) in [6, 6.07) is 0. The van der Waals surface area contributed by atoms with E-state index in [1.807, 2.05) is 21.0 Å². The number of amides is 1. The molecule has 0 aliphatic rings. The lowest BCUT2D eigenvalue weighted by atomic mass is 10.1. The highest BCUT2D eigenvalue weighted by Crippen LogP contribution is 2.09. The Bertz CT molecular complexity index is 322. The number of carbonyl (C=O) groups excluding carboxylic acids is 1. The van der Waals surface area contributed by atoms with Crippen molar-refractivity contribution < 1.29 is 23.6 Å². The Morgan fingerprint density at radius 2 is 1.90 bits per heavy atom. The first-order valence-corrected chi connectivity index (χ1v) is 7.71. The number of nitrogens with zero attached hydrogens (tertiary/aromatic N) is 1. The van der Waals surface area contributed by atoms with Crippen LogP contribution in [0.2, 0.25) is 0 Å². The van der Waals surface area contributed by atoms with Crippen LogP contribution in [0.15, 0.2) is 0 Å². The molecule has 0 saturated carbocycles. The number of halogens is 1. The molecule has 0 aliphatic heterocycles. The summed E-state index contributed by atoms with van der Waals surface area (Å²) in [6.07, 6.45) is 2.96. The molecule has 1 amide bonds. The number of quaternary nitrogens is 1. The Morgan fingerprint density at radius 3 is 2.48 bits per heavy atom. The van der Waals surface area contributed by atoms with Gasteiger partial charge in [-0.15, -0.1) is 0 Å². The van der Waals surface area contributed by atoms with E-state index in [9.17, 15) is 14.0 Å². The lowest BCUT2D eigenvalue weighted by Gasteiger charge is -2.27. The van der Waals surface area contributed by atoms with Crippen molar-refractivity contribution in [3.8, 4) is 0 Å². The first-order valence-electron chi connectivity index (χ1n) is 7.71. The molecule has 0 spiro atoms. The molecule has 0 bridgehead atoms. The van der Waals surface area contributed by atoms with E-state index in [0.717, 1.165) is 12.8 Å². The van der Waals surface area contributed by atoms with Crippen molar-refractivity contribution in [2.24, 2.45) is 0 Å². The molecule has 5 nitrogen and oxygen atoms in total. The van der Waals surface area contributed by atoms with Gasteiger partial charge in [0.05, 0.1) is 26.8 Å². The number of carbonyl (C=O) groups is 2. The smallest absolute Gasteiger partial charge is 0.359 e. The molecule has 1 unspecified atom stereocenters. The van der Waals surface area contributed by atoms with Crippen LogP contribution >= 0.6 is 0 Å². The standard InChI is InChI=1S/C15H29FN2O3/c1-4-13(16)8-5-6-9-14(19)17-10-7-11-18(2,3)12-15(20)21/h13H,4-12H2,1-3H3,(H-,17,19,20,21)/p+1. The molecule has 0 saturated heterocycles. The topological polar surface area (TPSA) is 66.4 Å². The first kappa shape index (κ1) is 19.8. The molecule has 21 heavy (non-hydrogen) atoms. The lowest BCUT2D eigenvalue weighted by Crippen LogP contribution is -2.45. The molecule has 0 heterocycles. The molecule has 6 heteroatoms. The van der Waals surface area contributed by atoms with Gasteiger partial charge in [0.2, 0.25) is 5.91 Å². The number of hydrogen-bond donors (Lipinski definition) is 2. The van der Waals surface area contributed by atoms with Gasteiger partial charge in [0, 0.05) is 19.4 Å². The number of likely N-dealkylation sites (N-methyl/N-ethyl adjacent to an activating group) is 1. The molecule has 0 rings (SSSR count). The van der Waals surface area contributed by atoms with E-state index in [2.05, 4.69) is 5.32 Å². The molecule has 0 aromatic carbocycles. The zero-order valence-electron chi connectivity index (χ0n) is 13.5. The number of alkyl halides is 1. The summed E-state index contributed by atoms with van der Waals surface area (Å²) in [5, 5.41) is 11.6. The van der Waals surface area contributed by atoms with Crippen molar-refractivity contribution >= 4 is 11.9 Å². The van der Waals surface area contributed by atoms with Gasteiger partial charge < -0.3 is 14.9 Å². The second-order valence-corrected chi connectivity index (χ2v) is 6.17. The highest BCUT2D eigenvalue weighted by molar-refractivity contribution is 5.75. The molecular formula is C15H30FN2O3+. The molecule has 0 aromatic rings. The fraction of sp³-hybridized carbons (Fsp3) is 0.867. The van der Waals surface area contributed by atoms with Crippen LogP contribution in [-0.4, -0.2) is 61.4 Å². The molecule has 0 aliphatic carbocycles. The van der Waals surface area contributed by atoms with Gasteiger partial charge in [-0.05, 0) is 19.3 Å². The van der Waals surface area contributed by atoms with Crippen LogP contribution in [0, 0.1) is 0 Å². The molecule has 0 radical (unpaired) electrons. The number of hydrogen-bond acceptors (Lipinski definition) is 2. The van der Waals surface area contributed by atoms with Crippen LogP contribution in [0.25, 0.3) is 0 Å². The third-order valence-corrected chi connectivity index (χ3v) is 3.44. The fourth-order valence-corrected chi connectivity index (χ4v) is 2.12. The van der Waals surface area contributed by atoms with E-state index >= 15 is 0 Å². The van der Waals surface area contributed by atoms with Crippen LogP contribution in [-0.2, 0) is 9.59 Å². The van der Waals surface area contributed by atoms with Gasteiger partial charge in [-0.3, -0.25) is 4.79 Å². The SMILES string of the molecule is CCC(F)CCCCC(=O)NCCC[N+](C)(C)CC(=O)O. The van der Waals surface area contributed by atoms with Crippen molar-refractivity contribution in [1.82, 2.24) is 5.32 Å². The number of carboxylic acids is 1. The highest BCUT2D eigenvalue weighted by atomic mass is 19.1. The summed E-state index contributed by atoms with van der Waals surface area (Å²) in [5.74, 6) is -0.826. The van der Waals surface area contributed by atoms with E-state index < -0.39 is 12.1 Å². The normalized spacial score (nSPS) is 13.0. The largest absolute Gasteiger partial charge is 0.477 e. The van der Waals surface area contributed by atoms with Gasteiger partial charge >= 0.3 is 5.97 Å². The van der Waals surface area contributed by atoms with Crippen LogP contribution in [0.4, 0.5) is 4.39 Å². The van der Waals surface area contributed by atoms with E-state index in [-0.39, 0.29) is 12.5 Å². The van der Waals surface area contributed by atoms with Crippen LogP contribution < -0.4 is 5.32 Å². The highest BCUT2D eigenvalue weighted by Gasteiger charge is 2.18. The first-order chi connectivity index (χ1) is 9.76. The van der Waals surface area contributed by atoms with E-state index in [1.165, 1.54) is 0 Å². The lowest BCUT2D eigenvalue weighted by molar-refractivity contribution is -0.883. The van der Waals surface area contributed by atoms with Gasteiger partial charge in [-0.1, -0.05) is 13.3 Å². The molecule has 1 atom stereocenters. The number of rotatable bonds is 12. The zero-order chi connectivity index (χ0) is 16.3. The third-order valence-electron chi connectivity index (χ3n) is 3.44. The summed E-state index contributed by atoms with van der Waals surface area (Å²) < 4.78 is 13.4. The van der Waals surface area contributed by atoms with Gasteiger partial charge in [0.15, 0.2) is 6.54 Å². The van der Waals surface area contributed by atoms with Gasteiger partial charge in [0.25, 0.3) is 0 Å². The summed E-state index contributed by atoms with van der Waals surface area (Å²) in [5.41, 5.74) is 0. The zero-order valence-corrected chi connectivity index (χ0v) is 13.5. The van der Waals surface area contributed by atoms with Crippen molar-refractivity contribution in [1.29, 1.82) is 0 Å². The van der Waals surface area contributed by atoms with E-state index in [1.54, 1.807) is 0 Å². The Morgan fingerprint density at radius 1 is 1.24 bits per heavy atom. The van der Waals surface area contributed by atoms with Crippen molar-refractivity contribution in [3.05, 3.63) is 0 Å². The maximum atomic E-state index is 13.0. The Balaban J connectivity index is 3.60. The number of unbranched alkanes of at least 4 members (excludes halogenated alkanes) is 1. The monoisotopic (exact) mass is 305 g/mol. The predicted molar refractivity (Wildman–Crippen MR) is 80.8 cm³/mol. The Hall–Kier alpha value is -1.17. The second-order valence-electron chi connectivity index (χ2n) is 6.17. The maximum absolute atomic E-state index is 13.0. The molecular weight excluding hydrogens is 275 g/mol. The number of carboxylic acid groups (broad SMARTS) is 1. The minimum atomic E-state index is -0.817. The van der Waals surface area contributed by atoms with E-state index in [0.29, 0.717) is 43.3 Å². The molecule has 0 fully saturated rings. The average molecular weight is 305 g/mol. The van der Waals surface area contributed by atoms with Crippen LogP contribution in [0.5, 0.6) is 0 Å². The maximum Gasteiger partial charge on any atom is 0.359 e. The molecule has 124 valence electrons. The van der Waals surface area contributed by atoms with Gasteiger partial charge in [0.1, 0.15) is 0 Å². The fourth-order valence-electron chi connectivity index (χ4n) is 2.12. The van der Waals surface area contributed by atoms with Crippen molar-refractivity contribution in [2.75, 3.05) is 33.7 Å². The van der Waals surface area contributed by atoms with Gasteiger partial charge in [-0.2, -0.15) is 0 Å². The van der Waals surface area contributed by atoms with Crippen LogP contribution in [0.3, 0.4) is 0 Å². The summed E-state index contributed by atoms with van der Waals surface area (Å²) in [4.78, 5) is 22.2. The molecule has 0 aromatic heterocycles. The Kier molecular flexibility index (Phi) is 9.95. The summed E-state index contributed by atoms with van der Waals surface area (Å²) >= 11 is 0. The minimum Gasteiger partial charge on any atom is -0.477 e.